The van der Waals surface area contributed by atoms with Crippen LogP contribution in [-0.2, 0) is 20.0 Å². The highest BCUT2D eigenvalue weighted by Gasteiger charge is 2.17. The molecule has 3 aromatic rings. The molecule has 24 heavy (non-hydrogen) atoms. The third-order valence-corrected chi connectivity index (χ3v) is 3.87. The van der Waals surface area contributed by atoms with Crippen LogP contribution in [0.3, 0.4) is 0 Å². The minimum atomic E-state index is 0.534. The molecule has 2 aromatic heterocycles. The number of tetrazole rings is 1. The molecule has 126 valence electrons. The average Bonchev–Trinajstić information content (AvgIpc) is 3.17. The SMILES string of the molecule is CCc1nn(C)c(OC)c1CNc1nnnn1-c1ccc(C)cc1. The van der Waals surface area contributed by atoms with Crippen LogP contribution in [0.25, 0.3) is 5.69 Å². The van der Waals surface area contributed by atoms with Gasteiger partial charge in [0, 0.05) is 7.05 Å². The van der Waals surface area contributed by atoms with Crippen LogP contribution in [0.2, 0.25) is 0 Å². The van der Waals surface area contributed by atoms with Crippen LogP contribution in [0.5, 0.6) is 5.88 Å². The van der Waals surface area contributed by atoms with E-state index in [2.05, 4.69) is 32.9 Å². The second-order valence-corrected chi connectivity index (χ2v) is 5.52. The number of nitrogens with zero attached hydrogens (tertiary/aromatic N) is 6. The van der Waals surface area contributed by atoms with E-state index in [0.29, 0.717) is 12.5 Å². The molecule has 0 aliphatic heterocycles. The van der Waals surface area contributed by atoms with Gasteiger partial charge in [-0.05, 0) is 35.9 Å². The Balaban J connectivity index is 1.84. The first-order chi connectivity index (χ1) is 11.6. The number of aryl methyl sites for hydroxylation is 3. The number of methoxy groups -OCH3 is 1. The number of aromatic nitrogens is 6. The first-order valence-electron chi connectivity index (χ1n) is 7.82. The van der Waals surface area contributed by atoms with Crippen molar-refractivity contribution < 1.29 is 4.74 Å². The predicted molar refractivity (Wildman–Crippen MR) is 90.4 cm³/mol. The third kappa shape index (κ3) is 2.94. The summed E-state index contributed by atoms with van der Waals surface area (Å²) in [5.74, 6) is 1.32. The Bertz CT molecular complexity index is 820. The largest absolute Gasteiger partial charge is 0.481 e. The van der Waals surface area contributed by atoms with E-state index in [-0.39, 0.29) is 0 Å². The maximum atomic E-state index is 5.46. The molecule has 0 bridgehead atoms. The number of nitrogens with one attached hydrogen (secondary N) is 1. The number of rotatable bonds is 6. The molecule has 8 nitrogen and oxygen atoms in total. The number of ether oxygens (including phenoxy) is 1. The molecule has 0 saturated heterocycles. The fourth-order valence-electron chi connectivity index (χ4n) is 2.65. The number of anilines is 1. The summed E-state index contributed by atoms with van der Waals surface area (Å²) in [4.78, 5) is 0. The van der Waals surface area contributed by atoms with Gasteiger partial charge in [0.1, 0.15) is 0 Å². The van der Waals surface area contributed by atoms with E-state index in [9.17, 15) is 0 Å². The van der Waals surface area contributed by atoms with Gasteiger partial charge < -0.3 is 10.1 Å². The normalized spacial score (nSPS) is 10.8. The van der Waals surface area contributed by atoms with E-state index in [1.807, 2.05) is 38.2 Å². The molecule has 0 unspecified atom stereocenters. The van der Waals surface area contributed by atoms with Gasteiger partial charge in [-0.15, -0.1) is 0 Å². The second-order valence-electron chi connectivity index (χ2n) is 5.52. The Labute approximate surface area is 140 Å². The molecular formula is C16H21N7O. The topological polar surface area (TPSA) is 82.7 Å². The zero-order valence-electron chi connectivity index (χ0n) is 14.3. The summed E-state index contributed by atoms with van der Waals surface area (Å²) in [7, 11) is 3.52. The minimum absolute atomic E-state index is 0.534. The van der Waals surface area contributed by atoms with E-state index >= 15 is 0 Å². The zero-order chi connectivity index (χ0) is 17.1. The van der Waals surface area contributed by atoms with Crippen molar-refractivity contribution in [2.45, 2.75) is 26.8 Å². The summed E-state index contributed by atoms with van der Waals surface area (Å²) in [5.41, 5.74) is 4.10. The fourth-order valence-corrected chi connectivity index (χ4v) is 2.65. The first kappa shape index (κ1) is 16.0. The summed E-state index contributed by atoms with van der Waals surface area (Å²) in [5, 5.41) is 19.7. The lowest BCUT2D eigenvalue weighted by atomic mass is 10.2. The molecule has 0 radical (unpaired) electrons. The lowest BCUT2D eigenvalue weighted by molar-refractivity contribution is 0.369. The van der Waals surface area contributed by atoms with Crippen molar-refractivity contribution in [1.82, 2.24) is 30.0 Å². The van der Waals surface area contributed by atoms with Crippen molar-refractivity contribution >= 4 is 5.95 Å². The lowest BCUT2D eigenvalue weighted by Gasteiger charge is -2.09. The Kier molecular flexibility index (Phi) is 4.45. The number of benzene rings is 1. The molecule has 1 N–H and O–H groups in total. The Morgan fingerprint density at radius 3 is 2.62 bits per heavy atom. The smallest absolute Gasteiger partial charge is 0.248 e. The molecular weight excluding hydrogens is 306 g/mol. The molecule has 0 aliphatic rings. The number of hydrogen-bond donors (Lipinski definition) is 1. The van der Waals surface area contributed by atoms with Gasteiger partial charge in [-0.3, -0.25) is 0 Å². The Morgan fingerprint density at radius 1 is 1.21 bits per heavy atom. The molecule has 0 aliphatic carbocycles. The van der Waals surface area contributed by atoms with E-state index in [1.165, 1.54) is 5.56 Å². The molecule has 0 atom stereocenters. The predicted octanol–water partition coefficient (Wildman–Crippen LogP) is 1.89. The summed E-state index contributed by atoms with van der Waals surface area (Å²) >= 11 is 0. The fraction of sp³-hybridized carbons (Fsp3) is 0.375. The zero-order valence-corrected chi connectivity index (χ0v) is 14.3. The second kappa shape index (κ2) is 6.69. The molecule has 0 spiro atoms. The van der Waals surface area contributed by atoms with Gasteiger partial charge in [0.25, 0.3) is 0 Å². The van der Waals surface area contributed by atoms with Gasteiger partial charge in [-0.1, -0.05) is 29.7 Å². The summed E-state index contributed by atoms with van der Waals surface area (Å²) in [6, 6.07) is 8.03. The van der Waals surface area contributed by atoms with Crippen molar-refractivity contribution in [3.05, 3.63) is 41.1 Å². The van der Waals surface area contributed by atoms with Gasteiger partial charge in [-0.25, -0.2) is 4.68 Å². The van der Waals surface area contributed by atoms with Crippen molar-refractivity contribution in [2.75, 3.05) is 12.4 Å². The van der Waals surface area contributed by atoms with Gasteiger partial charge in [-0.2, -0.15) is 9.78 Å². The highest BCUT2D eigenvalue weighted by Crippen LogP contribution is 2.23. The van der Waals surface area contributed by atoms with Crippen LogP contribution >= 0.6 is 0 Å². The van der Waals surface area contributed by atoms with E-state index in [4.69, 9.17) is 4.74 Å². The van der Waals surface area contributed by atoms with Crippen LogP contribution < -0.4 is 10.1 Å². The van der Waals surface area contributed by atoms with Crippen molar-refractivity contribution in [1.29, 1.82) is 0 Å². The van der Waals surface area contributed by atoms with Gasteiger partial charge in [0.2, 0.25) is 11.8 Å². The summed E-state index contributed by atoms with van der Waals surface area (Å²) < 4.78 is 8.88. The van der Waals surface area contributed by atoms with Gasteiger partial charge in [0.05, 0.1) is 30.6 Å². The minimum Gasteiger partial charge on any atom is -0.481 e. The average molecular weight is 327 g/mol. The van der Waals surface area contributed by atoms with E-state index < -0.39 is 0 Å². The standard InChI is InChI=1S/C16H21N7O/c1-5-14-13(15(24-4)22(3)19-14)10-17-16-18-20-21-23(16)12-8-6-11(2)7-9-12/h6-9H,5,10H2,1-4H3,(H,17,18,21). The van der Waals surface area contributed by atoms with E-state index in [1.54, 1.807) is 16.5 Å². The summed E-state index contributed by atoms with van der Waals surface area (Å²) in [6.45, 7) is 4.65. The molecule has 8 heteroatoms. The molecule has 0 fully saturated rings. The molecule has 0 amide bonds. The molecule has 2 heterocycles. The number of hydrogen-bond acceptors (Lipinski definition) is 6. The maximum Gasteiger partial charge on any atom is 0.248 e. The Morgan fingerprint density at radius 2 is 1.96 bits per heavy atom. The Hall–Kier alpha value is -2.90. The molecule has 3 rings (SSSR count). The maximum absolute atomic E-state index is 5.46. The molecule has 0 saturated carbocycles. The van der Waals surface area contributed by atoms with Crippen molar-refractivity contribution in [3.63, 3.8) is 0 Å². The van der Waals surface area contributed by atoms with E-state index in [0.717, 1.165) is 29.2 Å². The van der Waals surface area contributed by atoms with Crippen LogP contribution in [0, 0.1) is 6.92 Å². The highest BCUT2D eigenvalue weighted by molar-refractivity contribution is 5.42. The van der Waals surface area contributed by atoms with Crippen LogP contribution in [-0.4, -0.2) is 37.1 Å². The highest BCUT2D eigenvalue weighted by atomic mass is 16.5. The summed E-state index contributed by atoms with van der Waals surface area (Å²) in [6.07, 6.45) is 0.830. The quantitative estimate of drug-likeness (QED) is 0.744. The van der Waals surface area contributed by atoms with Crippen LogP contribution in [0.4, 0.5) is 5.95 Å². The lowest BCUT2D eigenvalue weighted by Crippen LogP contribution is -2.09. The van der Waals surface area contributed by atoms with Crippen LogP contribution in [0.1, 0.15) is 23.7 Å². The monoisotopic (exact) mass is 327 g/mol. The molecule has 1 aromatic carbocycles. The first-order valence-corrected chi connectivity index (χ1v) is 7.82. The third-order valence-electron chi connectivity index (χ3n) is 3.87. The van der Waals surface area contributed by atoms with Crippen molar-refractivity contribution in [3.8, 4) is 11.6 Å². The van der Waals surface area contributed by atoms with Gasteiger partial charge >= 0.3 is 0 Å². The van der Waals surface area contributed by atoms with Gasteiger partial charge in [0.15, 0.2) is 0 Å². The van der Waals surface area contributed by atoms with Crippen LogP contribution in [0.15, 0.2) is 24.3 Å². The van der Waals surface area contributed by atoms with Crippen molar-refractivity contribution in [2.24, 2.45) is 7.05 Å².